The summed E-state index contributed by atoms with van der Waals surface area (Å²) in [7, 11) is 0. The Morgan fingerprint density at radius 3 is 3.00 bits per heavy atom. The lowest BCUT2D eigenvalue weighted by atomic mass is 10.5. The summed E-state index contributed by atoms with van der Waals surface area (Å²) in [6.45, 7) is 0.342. The maximum absolute atomic E-state index is 9.81. The number of aromatic nitrogens is 1. The van der Waals surface area contributed by atoms with Crippen molar-refractivity contribution in [1.82, 2.24) is 4.98 Å². The maximum Gasteiger partial charge on any atom is 0.299 e. The summed E-state index contributed by atoms with van der Waals surface area (Å²) in [6.07, 6.45) is 0. The Hall–Kier alpha value is -0.900. The summed E-state index contributed by atoms with van der Waals surface area (Å²) in [5.74, 6) is 0.296. The SMILES string of the molecule is O=COc1cccc(Br)n1. The van der Waals surface area contributed by atoms with E-state index in [-0.39, 0.29) is 0 Å². The number of hydrogen-bond acceptors (Lipinski definition) is 3. The van der Waals surface area contributed by atoms with Crippen LogP contribution in [0.15, 0.2) is 22.8 Å². The van der Waals surface area contributed by atoms with Gasteiger partial charge in [-0.15, -0.1) is 0 Å². The first kappa shape index (κ1) is 7.21. The fraction of sp³-hybridized carbons (Fsp3) is 0. The molecule has 0 N–H and O–H groups in total. The highest BCUT2D eigenvalue weighted by molar-refractivity contribution is 9.10. The number of carbonyl (C=O) groups is 1. The van der Waals surface area contributed by atoms with Gasteiger partial charge < -0.3 is 4.74 Å². The molecule has 0 bridgehead atoms. The molecule has 0 saturated carbocycles. The number of carbonyl (C=O) groups excluding carboxylic acids is 1. The minimum absolute atomic E-state index is 0.296. The van der Waals surface area contributed by atoms with Gasteiger partial charge >= 0.3 is 0 Å². The van der Waals surface area contributed by atoms with E-state index >= 15 is 0 Å². The second kappa shape index (κ2) is 3.31. The third-order valence-corrected chi connectivity index (χ3v) is 1.30. The van der Waals surface area contributed by atoms with Crippen LogP contribution in [0.3, 0.4) is 0 Å². The molecule has 0 saturated heterocycles. The molecule has 0 atom stereocenters. The standard InChI is InChI=1S/C6H4BrNO2/c7-5-2-1-3-6(8-5)10-4-9/h1-4H. The third kappa shape index (κ3) is 1.80. The molecular formula is C6H4BrNO2. The van der Waals surface area contributed by atoms with Crippen LogP contribution in [0.1, 0.15) is 0 Å². The van der Waals surface area contributed by atoms with Gasteiger partial charge in [0.15, 0.2) is 0 Å². The molecule has 4 heteroatoms. The zero-order chi connectivity index (χ0) is 7.40. The summed E-state index contributed by atoms with van der Waals surface area (Å²) in [6, 6.07) is 5.08. The van der Waals surface area contributed by atoms with Gasteiger partial charge in [0.25, 0.3) is 6.47 Å². The average molecular weight is 202 g/mol. The zero-order valence-electron chi connectivity index (χ0n) is 4.95. The molecule has 10 heavy (non-hydrogen) atoms. The van der Waals surface area contributed by atoms with Crippen molar-refractivity contribution in [1.29, 1.82) is 0 Å². The van der Waals surface area contributed by atoms with E-state index in [1.807, 2.05) is 0 Å². The average Bonchev–Trinajstić information content (AvgIpc) is 1.88. The molecule has 1 rings (SSSR count). The van der Waals surface area contributed by atoms with Crippen LogP contribution < -0.4 is 4.74 Å². The molecule has 0 unspecified atom stereocenters. The topological polar surface area (TPSA) is 39.2 Å². The van der Waals surface area contributed by atoms with Gasteiger partial charge in [-0.05, 0) is 22.0 Å². The van der Waals surface area contributed by atoms with E-state index in [0.29, 0.717) is 17.0 Å². The van der Waals surface area contributed by atoms with Gasteiger partial charge in [0, 0.05) is 6.07 Å². The van der Waals surface area contributed by atoms with Crippen LogP contribution in [0.5, 0.6) is 5.88 Å². The van der Waals surface area contributed by atoms with Gasteiger partial charge in [0.05, 0.1) is 0 Å². The quantitative estimate of drug-likeness (QED) is 0.537. The highest BCUT2D eigenvalue weighted by Gasteiger charge is 1.92. The van der Waals surface area contributed by atoms with Crippen LogP contribution in [0.4, 0.5) is 0 Å². The molecule has 1 aromatic heterocycles. The van der Waals surface area contributed by atoms with E-state index in [9.17, 15) is 4.79 Å². The predicted octanol–water partition coefficient (Wildman–Crippen LogP) is 1.38. The first-order chi connectivity index (χ1) is 4.83. The van der Waals surface area contributed by atoms with Crippen LogP contribution in [0.2, 0.25) is 0 Å². The summed E-state index contributed by atoms with van der Waals surface area (Å²) < 4.78 is 5.11. The van der Waals surface area contributed by atoms with Crippen LogP contribution in [-0.4, -0.2) is 11.5 Å². The predicted molar refractivity (Wildman–Crippen MR) is 38.6 cm³/mol. The molecule has 0 aliphatic heterocycles. The Balaban J connectivity index is 2.84. The Kier molecular flexibility index (Phi) is 2.39. The monoisotopic (exact) mass is 201 g/mol. The van der Waals surface area contributed by atoms with E-state index in [1.54, 1.807) is 18.2 Å². The number of rotatable bonds is 2. The Labute approximate surface area is 66.2 Å². The number of pyridine rings is 1. The molecule has 0 aliphatic rings. The zero-order valence-corrected chi connectivity index (χ0v) is 6.54. The molecule has 0 aromatic carbocycles. The first-order valence-electron chi connectivity index (χ1n) is 2.56. The molecule has 1 heterocycles. The molecule has 1 aromatic rings. The lowest BCUT2D eigenvalue weighted by Crippen LogP contribution is -1.90. The van der Waals surface area contributed by atoms with Gasteiger partial charge in [-0.3, -0.25) is 4.79 Å². The molecule has 0 fully saturated rings. The highest BCUT2D eigenvalue weighted by Crippen LogP contribution is 2.10. The summed E-state index contributed by atoms with van der Waals surface area (Å²) >= 11 is 3.13. The number of ether oxygens (including phenoxy) is 1. The van der Waals surface area contributed by atoms with Gasteiger partial charge in [-0.2, -0.15) is 0 Å². The third-order valence-electron chi connectivity index (χ3n) is 0.858. The highest BCUT2D eigenvalue weighted by atomic mass is 79.9. The number of halogens is 1. The second-order valence-corrected chi connectivity index (χ2v) is 2.33. The Bertz CT molecular complexity index is 239. The Morgan fingerprint density at radius 1 is 1.60 bits per heavy atom. The normalized spacial score (nSPS) is 8.90. The van der Waals surface area contributed by atoms with Gasteiger partial charge in [-0.1, -0.05) is 6.07 Å². The van der Waals surface area contributed by atoms with Gasteiger partial charge in [0.2, 0.25) is 5.88 Å². The number of hydrogen-bond donors (Lipinski definition) is 0. The van der Waals surface area contributed by atoms with E-state index in [1.165, 1.54) is 0 Å². The van der Waals surface area contributed by atoms with E-state index < -0.39 is 0 Å². The fourth-order valence-corrected chi connectivity index (χ4v) is 0.832. The van der Waals surface area contributed by atoms with E-state index in [4.69, 9.17) is 0 Å². The smallest absolute Gasteiger partial charge is 0.299 e. The molecule has 0 amide bonds. The fourth-order valence-electron chi connectivity index (χ4n) is 0.505. The van der Waals surface area contributed by atoms with Crippen molar-refractivity contribution in [2.24, 2.45) is 0 Å². The molecule has 0 spiro atoms. The van der Waals surface area contributed by atoms with Crippen LogP contribution in [-0.2, 0) is 4.79 Å². The van der Waals surface area contributed by atoms with Crippen molar-refractivity contribution in [3.8, 4) is 5.88 Å². The molecule has 3 nitrogen and oxygen atoms in total. The maximum atomic E-state index is 9.81. The van der Waals surface area contributed by atoms with Crippen molar-refractivity contribution in [2.45, 2.75) is 0 Å². The molecular weight excluding hydrogens is 198 g/mol. The van der Waals surface area contributed by atoms with Crippen LogP contribution in [0, 0.1) is 0 Å². The summed E-state index contributed by atoms with van der Waals surface area (Å²) in [4.78, 5) is 13.6. The lowest BCUT2D eigenvalue weighted by Gasteiger charge is -1.94. The summed E-state index contributed by atoms with van der Waals surface area (Å²) in [5.41, 5.74) is 0. The van der Waals surface area contributed by atoms with Crippen molar-refractivity contribution < 1.29 is 9.53 Å². The molecule has 52 valence electrons. The van der Waals surface area contributed by atoms with Crippen molar-refractivity contribution in [3.63, 3.8) is 0 Å². The van der Waals surface area contributed by atoms with Crippen molar-refractivity contribution in [3.05, 3.63) is 22.8 Å². The largest absolute Gasteiger partial charge is 0.410 e. The summed E-state index contributed by atoms with van der Waals surface area (Å²) in [5, 5.41) is 0. The van der Waals surface area contributed by atoms with Crippen LogP contribution in [0.25, 0.3) is 0 Å². The number of nitrogens with zero attached hydrogens (tertiary/aromatic N) is 1. The lowest BCUT2D eigenvalue weighted by molar-refractivity contribution is -0.120. The molecule has 0 radical (unpaired) electrons. The second-order valence-electron chi connectivity index (χ2n) is 1.51. The van der Waals surface area contributed by atoms with Crippen LogP contribution >= 0.6 is 15.9 Å². The molecule has 0 aliphatic carbocycles. The van der Waals surface area contributed by atoms with Crippen molar-refractivity contribution >= 4 is 22.4 Å². The Morgan fingerprint density at radius 2 is 2.40 bits per heavy atom. The van der Waals surface area contributed by atoms with Gasteiger partial charge in [0.1, 0.15) is 4.60 Å². The van der Waals surface area contributed by atoms with E-state index in [0.717, 1.165) is 0 Å². The minimum Gasteiger partial charge on any atom is -0.410 e. The van der Waals surface area contributed by atoms with Gasteiger partial charge in [-0.25, -0.2) is 4.98 Å². The van der Waals surface area contributed by atoms with Crippen molar-refractivity contribution in [2.75, 3.05) is 0 Å². The first-order valence-corrected chi connectivity index (χ1v) is 3.35. The minimum atomic E-state index is 0.296. The van der Waals surface area contributed by atoms with E-state index in [2.05, 4.69) is 25.7 Å².